The zero-order chi connectivity index (χ0) is 21.2. The number of nitrogens with one attached hydrogen (secondary N) is 1. The van der Waals surface area contributed by atoms with Gasteiger partial charge in [-0.1, -0.05) is 54.2 Å². The van der Waals surface area contributed by atoms with E-state index in [0.717, 1.165) is 26.7 Å². The largest absolute Gasteiger partial charge is 0.493 e. The lowest BCUT2D eigenvalue weighted by Gasteiger charge is -2.00. The Morgan fingerprint density at radius 1 is 1.03 bits per heavy atom. The van der Waals surface area contributed by atoms with Crippen LogP contribution < -0.4 is 0 Å². The molecule has 2 N–H and O–H groups in total. The molecule has 0 fully saturated rings. The van der Waals surface area contributed by atoms with Gasteiger partial charge in [-0.2, -0.15) is 0 Å². The number of amides is 1. The number of benzene rings is 3. The van der Waals surface area contributed by atoms with Crippen molar-refractivity contribution < 1.29 is 9.90 Å². The van der Waals surface area contributed by atoms with E-state index in [0.29, 0.717) is 10.9 Å². The number of thioether (sulfide) groups is 1. The summed E-state index contributed by atoms with van der Waals surface area (Å²) in [5.74, 6) is 0.189. The first kappa shape index (κ1) is 19.5. The summed E-state index contributed by atoms with van der Waals surface area (Å²) in [5.41, 5.74) is 3.54. The Balaban J connectivity index is 1.26. The third kappa shape index (κ3) is 4.08. The van der Waals surface area contributed by atoms with Crippen molar-refractivity contribution in [2.24, 2.45) is 10.2 Å². The average Bonchev–Trinajstić information content (AvgIpc) is 3.36. The van der Waals surface area contributed by atoms with Crippen LogP contribution in [-0.2, 0) is 5.75 Å². The summed E-state index contributed by atoms with van der Waals surface area (Å²) in [5, 5.41) is 18.5. The van der Waals surface area contributed by atoms with E-state index >= 15 is 0 Å². The third-order valence-corrected chi connectivity index (χ3v) is 6.99. The van der Waals surface area contributed by atoms with Gasteiger partial charge in [0.1, 0.15) is 0 Å². The molecular formula is C23H16N4O2S2. The van der Waals surface area contributed by atoms with E-state index in [1.54, 1.807) is 35.2 Å². The molecule has 0 aliphatic heterocycles. The van der Waals surface area contributed by atoms with Crippen molar-refractivity contribution in [1.29, 1.82) is 0 Å². The zero-order valence-corrected chi connectivity index (χ0v) is 17.8. The number of carbonyl (C=O) groups excluding carboxylic acids is 1. The summed E-state index contributed by atoms with van der Waals surface area (Å²) >= 11 is 3.35. The van der Waals surface area contributed by atoms with Crippen LogP contribution in [0.2, 0.25) is 0 Å². The van der Waals surface area contributed by atoms with Crippen molar-refractivity contribution in [1.82, 2.24) is 9.97 Å². The van der Waals surface area contributed by atoms with Crippen LogP contribution in [-0.4, -0.2) is 21.0 Å². The van der Waals surface area contributed by atoms with E-state index in [-0.39, 0.29) is 11.6 Å². The van der Waals surface area contributed by atoms with E-state index in [1.165, 1.54) is 4.70 Å². The first-order valence-electron chi connectivity index (χ1n) is 9.50. The zero-order valence-electron chi connectivity index (χ0n) is 16.1. The van der Waals surface area contributed by atoms with Crippen LogP contribution in [0.15, 0.2) is 87.4 Å². The molecule has 0 radical (unpaired) electrons. The van der Waals surface area contributed by atoms with Gasteiger partial charge in [-0.3, -0.25) is 4.79 Å². The number of H-pyrrole nitrogens is 1. The normalized spacial score (nSPS) is 11.6. The van der Waals surface area contributed by atoms with Crippen LogP contribution in [0.5, 0.6) is 5.88 Å². The van der Waals surface area contributed by atoms with Crippen molar-refractivity contribution in [3.8, 4) is 5.88 Å². The van der Waals surface area contributed by atoms with Crippen LogP contribution in [0.4, 0.5) is 5.69 Å². The molecule has 31 heavy (non-hydrogen) atoms. The standard InChI is InChI=1S/C23H16N4O2S2/c28-21(27-26-20-16-5-1-2-6-17(16)24-22(20)29)15-11-9-14(10-12-15)13-30-23-25-18-7-3-4-8-19(18)31-23/h1-12,24,29H,13H2. The minimum Gasteiger partial charge on any atom is -0.493 e. The van der Waals surface area contributed by atoms with Crippen LogP contribution in [0.3, 0.4) is 0 Å². The fourth-order valence-electron chi connectivity index (χ4n) is 3.17. The Hall–Kier alpha value is -3.49. The lowest BCUT2D eigenvalue weighted by Crippen LogP contribution is -1.94. The second kappa shape index (κ2) is 8.33. The highest BCUT2D eigenvalue weighted by Gasteiger charge is 2.11. The quantitative estimate of drug-likeness (QED) is 0.233. The van der Waals surface area contributed by atoms with Gasteiger partial charge >= 0.3 is 0 Å². The van der Waals surface area contributed by atoms with Gasteiger partial charge in [0.05, 0.1) is 15.7 Å². The molecule has 0 atom stereocenters. The number of para-hydroxylation sites is 2. The summed E-state index contributed by atoms with van der Waals surface area (Å²) in [6.07, 6.45) is 0. The minimum atomic E-state index is -0.463. The maximum absolute atomic E-state index is 12.4. The Morgan fingerprint density at radius 2 is 1.81 bits per heavy atom. The molecule has 0 unspecified atom stereocenters. The molecular weight excluding hydrogens is 428 g/mol. The lowest BCUT2D eigenvalue weighted by molar-refractivity contribution is 0.0995. The molecule has 2 heterocycles. The molecule has 0 aliphatic carbocycles. The predicted molar refractivity (Wildman–Crippen MR) is 124 cm³/mol. The maximum atomic E-state index is 12.4. The average molecular weight is 445 g/mol. The van der Waals surface area contributed by atoms with Gasteiger partial charge in [0.25, 0.3) is 5.91 Å². The summed E-state index contributed by atoms with van der Waals surface area (Å²) < 4.78 is 2.20. The second-order valence-electron chi connectivity index (χ2n) is 6.81. The predicted octanol–water partition coefficient (Wildman–Crippen LogP) is 6.70. The third-order valence-electron chi connectivity index (χ3n) is 4.74. The van der Waals surface area contributed by atoms with Gasteiger partial charge in [0.2, 0.25) is 5.88 Å². The highest BCUT2D eigenvalue weighted by atomic mass is 32.2. The molecule has 2 aromatic heterocycles. The van der Waals surface area contributed by atoms with E-state index in [2.05, 4.69) is 26.3 Å². The smallest absolute Gasteiger partial charge is 0.295 e. The fraction of sp³-hybridized carbons (Fsp3) is 0.0435. The van der Waals surface area contributed by atoms with Gasteiger partial charge in [0, 0.05) is 16.7 Å². The Kier molecular flexibility index (Phi) is 5.23. The minimum absolute atomic E-state index is 0.111. The van der Waals surface area contributed by atoms with E-state index in [4.69, 9.17) is 0 Å². The van der Waals surface area contributed by atoms with Crippen molar-refractivity contribution >= 4 is 55.8 Å². The molecule has 8 heteroatoms. The van der Waals surface area contributed by atoms with Gasteiger partial charge in [0.15, 0.2) is 10.0 Å². The first-order valence-corrected chi connectivity index (χ1v) is 11.3. The Morgan fingerprint density at radius 3 is 2.65 bits per heavy atom. The number of aromatic hydroxyl groups is 1. The summed E-state index contributed by atoms with van der Waals surface area (Å²) in [4.78, 5) is 19.9. The molecule has 0 bridgehead atoms. The molecule has 5 rings (SSSR count). The number of nitrogens with zero attached hydrogens (tertiary/aromatic N) is 3. The number of aromatic nitrogens is 2. The summed E-state index contributed by atoms with van der Waals surface area (Å²) in [7, 11) is 0. The molecule has 1 amide bonds. The number of fused-ring (bicyclic) bond motifs is 2. The van der Waals surface area contributed by atoms with Gasteiger partial charge in [-0.15, -0.1) is 21.6 Å². The number of hydrogen-bond donors (Lipinski definition) is 2. The van der Waals surface area contributed by atoms with Gasteiger partial charge in [-0.25, -0.2) is 4.98 Å². The first-order chi connectivity index (χ1) is 15.2. The molecule has 5 aromatic rings. The van der Waals surface area contributed by atoms with Crippen molar-refractivity contribution in [2.75, 3.05) is 0 Å². The number of aromatic amines is 1. The van der Waals surface area contributed by atoms with Crippen molar-refractivity contribution in [3.05, 3.63) is 83.9 Å². The number of rotatable bonds is 5. The second-order valence-corrected chi connectivity index (χ2v) is 9.06. The molecule has 0 spiro atoms. The van der Waals surface area contributed by atoms with E-state index in [1.807, 2.05) is 54.6 Å². The lowest BCUT2D eigenvalue weighted by atomic mass is 10.1. The van der Waals surface area contributed by atoms with Gasteiger partial charge < -0.3 is 10.1 Å². The molecule has 6 nitrogen and oxygen atoms in total. The Labute approximate surface area is 185 Å². The van der Waals surface area contributed by atoms with E-state index < -0.39 is 5.91 Å². The Bertz CT molecular complexity index is 1390. The van der Waals surface area contributed by atoms with Crippen LogP contribution in [0.1, 0.15) is 15.9 Å². The number of thiazole rings is 1. The highest BCUT2D eigenvalue weighted by Crippen LogP contribution is 2.35. The van der Waals surface area contributed by atoms with Gasteiger partial charge in [-0.05, 0) is 35.9 Å². The highest BCUT2D eigenvalue weighted by molar-refractivity contribution is 8.00. The summed E-state index contributed by atoms with van der Waals surface area (Å²) in [6.45, 7) is 0. The molecule has 0 saturated carbocycles. The van der Waals surface area contributed by atoms with Crippen molar-refractivity contribution in [3.63, 3.8) is 0 Å². The maximum Gasteiger partial charge on any atom is 0.295 e. The topological polar surface area (TPSA) is 90.7 Å². The molecule has 152 valence electrons. The van der Waals surface area contributed by atoms with Crippen molar-refractivity contribution in [2.45, 2.75) is 10.1 Å². The van der Waals surface area contributed by atoms with E-state index in [9.17, 15) is 9.90 Å². The SMILES string of the molecule is O=C(N=Nc1c(O)[nH]c2ccccc12)c1ccc(CSc2nc3ccccc3s2)cc1. The monoisotopic (exact) mass is 444 g/mol. The molecule has 0 saturated heterocycles. The number of carbonyl (C=O) groups is 1. The van der Waals surface area contributed by atoms with Crippen LogP contribution in [0.25, 0.3) is 21.1 Å². The summed E-state index contributed by atoms with van der Waals surface area (Å²) in [6, 6.07) is 22.7. The van der Waals surface area contributed by atoms with Crippen LogP contribution in [0, 0.1) is 0 Å². The molecule has 3 aromatic carbocycles. The number of hydrogen-bond acceptors (Lipinski definition) is 6. The fourth-order valence-corrected chi connectivity index (χ4v) is 5.19. The number of azo groups is 1. The molecule has 0 aliphatic rings. The van der Waals surface area contributed by atoms with Crippen LogP contribution >= 0.6 is 23.1 Å².